The number of likely N-dealkylation sites (N-methyl/N-ethyl adjacent to an activating group) is 1. The lowest BCUT2D eigenvalue weighted by Gasteiger charge is -2.17. The van der Waals surface area contributed by atoms with E-state index in [1.807, 2.05) is 44.2 Å². The van der Waals surface area contributed by atoms with E-state index in [1.165, 1.54) is 0 Å². The average Bonchev–Trinajstić information content (AvgIpc) is 2.44. The fourth-order valence-electron chi connectivity index (χ4n) is 2.04. The fraction of sp³-hybridized carbons (Fsp3) is 0.333. The van der Waals surface area contributed by atoms with Gasteiger partial charge in [-0.2, -0.15) is 0 Å². The van der Waals surface area contributed by atoms with E-state index in [0.29, 0.717) is 13.2 Å². The first kappa shape index (κ1) is 13.5. The van der Waals surface area contributed by atoms with Crippen molar-refractivity contribution in [3.05, 3.63) is 42.1 Å². The van der Waals surface area contributed by atoms with E-state index >= 15 is 0 Å². The summed E-state index contributed by atoms with van der Waals surface area (Å²) in [6, 6.07) is 9.27. The summed E-state index contributed by atoms with van der Waals surface area (Å²) < 4.78 is 5.11. The molecule has 0 radical (unpaired) electrons. The number of carbonyl (C=O) groups is 1. The molecule has 0 fully saturated rings. The Bertz CT molecular complexity index is 569. The van der Waals surface area contributed by atoms with Crippen LogP contribution in [0.5, 0.6) is 0 Å². The Hall–Kier alpha value is -1.94. The smallest absolute Gasteiger partial charge is 0.327 e. The van der Waals surface area contributed by atoms with Crippen LogP contribution in [-0.4, -0.2) is 24.1 Å². The highest BCUT2D eigenvalue weighted by Crippen LogP contribution is 2.20. The van der Waals surface area contributed by atoms with Crippen LogP contribution in [0.4, 0.5) is 0 Å². The molecule has 4 nitrogen and oxygen atoms in total. The minimum atomic E-state index is -0.422. The van der Waals surface area contributed by atoms with Crippen molar-refractivity contribution in [3.8, 4) is 0 Å². The van der Waals surface area contributed by atoms with Crippen molar-refractivity contribution in [3.63, 3.8) is 0 Å². The zero-order valence-corrected chi connectivity index (χ0v) is 11.2. The monoisotopic (exact) mass is 258 g/mol. The number of nitrogens with one attached hydrogen (secondary N) is 1. The number of esters is 1. The number of nitrogens with zero attached hydrogens (tertiary/aromatic N) is 1. The second-order valence-electron chi connectivity index (χ2n) is 4.20. The molecule has 0 saturated carbocycles. The lowest BCUT2D eigenvalue weighted by Crippen LogP contribution is -2.30. The first-order valence-corrected chi connectivity index (χ1v) is 6.51. The molecule has 1 aromatic carbocycles. The Morgan fingerprint density at radius 2 is 2.21 bits per heavy atom. The molecule has 0 aliphatic heterocycles. The highest BCUT2D eigenvalue weighted by atomic mass is 16.5. The van der Waals surface area contributed by atoms with E-state index in [4.69, 9.17) is 4.74 Å². The van der Waals surface area contributed by atoms with Crippen molar-refractivity contribution in [2.45, 2.75) is 19.9 Å². The summed E-state index contributed by atoms with van der Waals surface area (Å²) in [4.78, 5) is 16.2. The molecular formula is C15H18N2O2. The Kier molecular flexibility index (Phi) is 4.47. The summed E-state index contributed by atoms with van der Waals surface area (Å²) in [5, 5.41) is 4.17. The predicted molar refractivity (Wildman–Crippen MR) is 74.8 cm³/mol. The highest BCUT2D eigenvalue weighted by Gasteiger charge is 2.20. The molecule has 0 amide bonds. The molecule has 1 N–H and O–H groups in total. The molecule has 19 heavy (non-hydrogen) atoms. The van der Waals surface area contributed by atoms with E-state index in [2.05, 4.69) is 10.3 Å². The Morgan fingerprint density at radius 1 is 1.37 bits per heavy atom. The van der Waals surface area contributed by atoms with Crippen LogP contribution in [-0.2, 0) is 9.53 Å². The summed E-state index contributed by atoms with van der Waals surface area (Å²) in [6.45, 7) is 4.87. The molecule has 100 valence electrons. The summed E-state index contributed by atoms with van der Waals surface area (Å²) in [7, 11) is 0. The Labute approximate surface area is 112 Å². The zero-order valence-electron chi connectivity index (χ0n) is 11.2. The van der Waals surface area contributed by atoms with Gasteiger partial charge in [0.25, 0.3) is 0 Å². The van der Waals surface area contributed by atoms with Crippen LogP contribution in [0.2, 0.25) is 0 Å². The topological polar surface area (TPSA) is 51.2 Å². The number of rotatable bonds is 5. The van der Waals surface area contributed by atoms with Crippen LogP contribution < -0.4 is 5.32 Å². The van der Waals surface area contributed by atoms with E-state index in [1.54, 1.807) is 6.20 Å². The van der Waals surface area contributed by atoms with Gasteiger partial charge in [-0.3, -0.25) is 4.98 Å². The van der Waals surface area contributed by atoms with Crippen molar-refractivity contribution in [2.75, 3.05) is 13.2 Å². The van der Waals surface area contributed by atoms with Crippen molar-refractivity contribution < 1.29 is 9.53 Å². The third-order valence-corrected chi connectivity index (χ3v) is 2.89. The predicted octanol–water partition coefficient (Wildman–Crippen LogP) is 2.45. The molecule has 0 aliphatic carbocycles. The first-order chi connectivity index (χ1) is 9.26. The number of hydrogen-bond donors (Lipinski definition) is 1. The summed E-state index contributed by atoms with van der Waals surface area (Å²) in [5.74, 6) is -0.243. The molecule has 2 rings (SSSR count). The molecule has 2 aromatic rings. The molecule has 1 unspecified atom stereocenters. The number of aromatic nitrogens is 1. The van der Waals surface area contributed by atoms with Crippen LogP contribution >= 0.6 is 0 Å². The Balaban J connectivity index is 2.35. The second-order valence-corrected chi connectivity index (χ2v) is 4.20. The first-order valence-electron chi connectivity index (χ1n) is 6.51. The van der Waals surface area contributed by atoms with Gasteiger partial charge >= 0.3 is 5.97 Å². The van der Waals surface area contributed by atoms with Crippen molar-refractivity contribution in [1.29, 1.82) is 0 Å². The number of hydrogen-bond acceptors (Lipinski definition) is 4. The second kappa shape index (κ2) is 6.29. The number of fused-ring (bicyclic) bond motifs is 1. The van der Waals surface area contributed by atoms with E-state index < -0.39 is 6.04 Å². The highest BCUT2D eigenvalue weighted by molar-refractivity contribution is 5.83. The maximum atomic E-state index is 12.0. The third-order valence-electron chi connectivity index (χ3n) is 2.89. The van der Waals surface area contributed by atoms with Gasteiger partial charge < -0.3 is 10.1 Å². The summed E-state index contributed by atoms with van der Waals surface area (Å²) in [6.07, 6.45) is 1.76. The number of ether oxygens (including phenoxy) is 1. The number of carbonyl (C=O) groups excluding carboxylic acids is 1. The van der Waals surface area contributed by atoms with Gasteiger partial charge in [0.2, 0.25) is 0 Å². The van der Waals surface area contributed by atoms with Crippen molar-refractivity contribution in [1.82, 2.24) is 10.3 Å². The summed E-state index contributed by atoms with van der Waals surface area (Å²) in [5.41, 5.74) is 1.83. The average molecular weight is 258 g/mol. The lowest BCUT2D eigenvalue weighted by atomic mass is 10.0. The fourth-order valence-corrected chi connectivity index (χ4v) is 2.04. The van der Waals surface area contributed by atoms with E-state index in [9.17, 15) is 4.79 Å². The van der Waals surface area contributed by atoms with Gasteiger partial charge in [-0.1, -0.05) is 19.1 Å². The largest absolute Gasteiger partial charge is 0.465 e. The molecular weight excluding hydrogens is 240 g/mol. The van der Waals surface area contributed by atoms with Gasteiger partial charge in [-0.05, 0) is 37.2 Å². The molecule has 0 aliphatic rings. The van der Waals surface area contributed by atoms with Gasteiger partial charge in [0.1, 0.15) is 6.04 Å². The quantitative estimate of drug-likeness (QED) is 0.837. The van der Waals surface area contributed by atoms with Crippen molar-refractivity contribution in [2.24, 2.45) is 0 Å². The maximum absolute atomic E-state index is 12.0. The number of pyridine rings is 1. The third kappa shape index (κ3) is 3.09. The maximum Gasteiger partial charge on any atom is 0.327 e. The van der Waals surface area contributed by atoms with Gasteiger partial charge in [-0.15, -0.1) is 0 Å². The molecule has 0 spiro atoms. The molecule has 1 heterocycles. The van der Waals surface area contributed by atoms with Crippen LogP contribution in [0.15, 0.2) is 36.5 Å². The molecule has 1 aromatic heterocycles. The summed E-state index contributed by atoms with van der Waals surface area (Å²) >= 11 is 0. The molecule has 0 saturated heterocycles. The van der Waals surface area contributed by atoms with E-state index in [-0.39, 0.29) is 5.97 Å². The minimum Gasteiger partial charge on any atom is -0.465 e. The zero-order chi connectivity index (χ0) is 13.7. The van der Waals surface area contributed by atoms with Crippen LogP contribution in [0.25, 0.3) is 10.9 Å². The molecule has 4 heteroatoms. The van der Waals surface area contributed by atoms with Crippen LogP contribution in [0, 0.1) is 0 Å². The lowest BCUT2D eigenvalue weighted by molar-refractivity contribution is -0.145. The Morgan fingerprint density at radius 3 is 2.95 bits per heavy atom. The molecule has 0 bridgehead atoms. The number of benzene rings is 1. The SMILES string of the molecule is CCNC(C(=O)OCC)c1ccc2ncccc2c1. The van der Waals surface area contributed by atoms with Crippen molar-refractivity contribution >= 4 is 16.9 Å². The van der Waals surface area contributed by atoms with Gasteiger partial charge in [0, 0.05) is 11.6 Å². The van der Waals surface area contributed by atoms with Crippen LogP contribution in [0.1, 0.15) is 25.5 Å². The normalized spacial score (nSPS) is 12.3. The molecule has 1 atom stereocenters. The van der Waals surface area contributed by atoms with Crippen LogP contribution in [0.3, 0.4) is 0 Å². The van der Waals surface area contributed by atoms with Gasteiger partial charge in [-0.25, -0.2) is 4.79 Å². The van der Waals surface area contributed by atoms with E-state index in [0.717, 1.165) is 16.5 Å². The van der Waals surface area contributed by atoms with Gasteiger partial charge in [0.15, 0.2) is 0 Å². The van der Waals surface area contributed by atoms with Gasteiger partial charge in [0.05, 0.1) is 12.1 Å². The standard InChI is InChI=1S/C15H18N2O2/c1-3-16-14(15(18)19-4-2)12-7-8-13-11(10-12)6-5-9-17-13/h5-10,14,16H,3-4H2,1-2H3. The minimum absolute atomic E-state index is 0.243.